The van der Waals surface area contributed by atoms with Crippen LogP contribution in [0.4, 0.5) is 4.39 Å². The Bertz CT molecular complexity index is 861. The summed E-state index contributed by atoms with van der Waals surface area (Å²) in [6, 6.07) is 6.51. The van der Waals surface area contributed by atoms with Gasteiger partial charge in [0.05, 0.1) is 5.69 Å². The van der Waals surface area contributed by atoms with Crippen molar-refractivity contribution in [3.8, 4) is 5.69 Å². The van der Waals surface area contributed by atoms with Gasteiger partial charge < -0.3 is 15.2 Å². The predicted molar refractivity (Wildman–Crippen MR) is 129 cm³/mol. The van der Waals surface area contributed by atoms with Gasteiger partial charge in [0, 0.05) is 51.2 Å². The molecule has 1 aromatic heterocycles. The van der Waals surface area contributed by atoms with E-state index < -0.39 is 0 Å². The summed E-state index contributed by atoms with van der Waals surface area (Å²) < 4.78 is 16.3. The fourth-order valence-electron chi connectivity index (χ4n) is 4.57. The molecule has 164 valence electrons. The Labute approximate surface area is 195 Å². The zero-order valence-electron chi connectivity index (χ0n) is 17.8. The normalized spacial score (nSPS) is 20.4. The van der Waals surface area contributed by atoms with Crippen LogP contribution >= 0.6 is 24.0 Å². The summed E-state index contributed by atoms with van der Waals surface area (Å²) in [7, 11) is 1.78. The largest absolute Gasteiger partial charge is 0.352 e. The van der Waals surface area contributed by atoms with Gasteiger partial charge in [-0.15, -0.1) is 24.0 Å². The highest BCUT2D eigenvalue weighted by atomic mass is 127. The molecule has 1 aliphatic heterocycles. The van der Waals surface area contributed by atoms with Crippen LogP contribution in [-0.2, 0) is 6.54 Å². The number of hydrogen-bond acceptors (Lipinski definition) is 3. The van der Waals surface area contributed by atoms with Crippen molar-refractivity contribution in [1.82, 2.24) is 25.1 Å². The third kappa shape index (κ3) is 5.32. The number of guanidine groups is 1. The van der Waals surface area contributed by atoms with Crippen LogP contribution in [0.3, 0.4) is 0 Å². The van der Waals surface area contributed by atoms with Crippen molar-refractivity contribution in [1.29, 1.82) is 0 Å². The number of rotatable bonds is 5. The summed E-state index contributed by atoms with van der Waals surface area (Å²) in [5, 5.41) is 6.86. The third-order valence-corrected chi connectivity index (χ3v) is 6.18. The molecule has 2 heterocycles. The number of hydrogen-bond donors (Lipinski definition) is 2. The number of nitrogens with zero attached hydrogens (tertiary/aromatic N) is 4. The number of likely N-dealkylation sites (tertiary alicyclic amines) is 1. The molecule has 1 unspecified atom stereocenters. The Balaban J connectivity index is 0.00000256. The molecule has 0 radical (unpaired) electrons. The van der Waals surface area contributed by atoms with Gasteiger partial charge in [-0.25, -0.2) is 9.37 Å². The molecule has 2 aromatic rings. The van der Waals surface area contributed by atoms with Crippen molar-refractivity contribution in [2.75, 3.05) is 20.1 Å². The molecule has 2 fully saturated rings. The van der Waals surface area contributed by atoms with Crippen LogP contribution in [-0.4, -0.2) is 52.6 Å². The zero-order valence-corrected chi connectivity index (χ0v) is 20.1. The zero-order chi connectivity index (χ0) is 20.2. The Morgan fingerprint density at radius 1 is 1.27 bits per heavy atom. The molecule has 0 amide bonds. The minimum Gasteiger partial charge on any atom is -0.352 e. The lowest BCUT2D eigenvalue weighted by molar-refractivity contribution is 0.242. The van der Waals surface area contributed by atoms with Crippen LogP contribution in [0.5, 0.6) is 0 Å². The number of imidazole rings is 1. The molecule has 1 aliphatic carbocycles. The lowest BCUT2D eigenvalue weighted by atomic mass is 10.2. The van der Waals surface area contributed by atoms with Crippen LogP contribution in [0, 0.1) is 12.7 Å². The number of aromatic nitrogens is 2. The lowest BCUT2D eigenvalue weighted by Crippen LogP contribution is -2.45. The van der Waals surface area contributed by atoms with Gasteiger partial charge in [-0.05, 0) is 43.9 Å². The molecule has 0 bridgehead atoms. The Kier molecular flexibility index (Phi) is 8.10. The number of halogens is 2. The molecule has 0 spiro atoms. The number of benzene rings is 1. The first-order chi connectivity index (χ1) is 14.1. The highest BCUT2D eigenvalue weighted by Crippen LogP contribution is 2.26. The molecule has 1 saturated carbocycles. The summed E-state index contributed by atoms with van der Waals surface area (Å²) >= 11 is 0. The van der Waals surface area contributed by atoms with Gasteiger partial charge >= 0.3 is 0 Å². The van der Waals surface area contributed by atoms with Gasteiger partial charge in [0.2, 0.25) is 0 Å². The van der Waals surface area contributed by atoms with E-state index in [9.17, 15) is 4.39 Å². The Morgan fingerprint density at radius 3 is 2.73 bits per heavy atom. The Morgan fingerprint density at radius 2 is 2.07 bits per heavy atom. The summed E-state index contributed by atoms with van der Waals surface area (Å²) in [5.41, 5.74) is 1.40. The van der Waals surface area contributed by atoms with E-state index in [1.807, 2.05) is 13.0 Å². The van der Waals surface area contributed by atoms with E-state index in [1.54, 1.807) is 36.1 Å². The SMILES string of the molecule is CN=C(NCc1ccc(-n2ccnc2C)c(F)c1)NC1CCN(C2CCCC2)C1.I. The molecule has 1 atom stereocenters. The second kappa shape index (κ2) is 10.6. The third-order valence-electron chi connectivity index (χ3n) is 6.18. The van der Waals surface area contributed by atoms with E-state index in [1.165, 1.54) is 32.2 Å². The van der Waals surface area contributed by atoms with Gasteiger partial charge in [0.25, 0.3) is 0 Å². The van der Waals surface area contributed by atoms with Crippen LogP contribution in [0.2, 0.25) is 0 Å². The quantitative estimate of drug-likeness (QED) is 0.355. The number of aryl methyl sites for hydroxylation is 1. The van der Waals surface area contributed by atoms with Gasteiger partial charge in [0.15, 0.2) is 5.96 Å². The summed E-state index contributed by atoms with van der Waals surface area (Å²) in [6.07, 6.45) is 10.0. The van der Waals surface area contributed by atoms with E-state index in [0.29, 0.717) is 18.3 Å². The standard InChI is InChI=1S/C22H31FN6.HI/c1-16-25-10-12-29(16)21-8-7-17(13-20(21)23)14-26-22(24-2)27-18-9-11-28(15-18)19-5-3-4-6-19;/h7-8,10,12-13,18-19H,3-6,9,11,14-15H2,1-2H3,(H2,24,26,27);1H. The van der Waals surface area contributed by atoms with Crippen LogP contribution in [0.25, 0.3) is 5.69 Å². The second-order valence-corrected chi connectivity index (χ2v) is 8.12. The van der Waals surface area contributed by atoms with E-state index in [0.717, 1.165) is 36.4 Å². The predicted octanol–water partition coefficient (Wildman–Crippen LogP) is 3.62. The van der Waals surface area contributed by atoms with Crippen LogP contribution < -0.4 is 10.6 Å². The average Bonchev–Trinajstić information content (AvgIpc) is 3.47. The topological polar surface area (TPSA) is 57.5 Å². The van der Waals surface area contributed by atoms with Gasteiger partial charge in [-0.1, -0.05) is 18.9 Å². The molecule has 30 heavy (non-hydrogen) atoms. The molecular formula is C22H32FIN6. The fraction of sp³-hybridized carbons (Fsp3) is 0.545. The van der Waals surface area contributed by atoms with Gasteiger partial charge in [-0.3, -0.25) is 9.89 Å². The maximum absolute atomic E-state index is 14.6. The van der Waals surface area contributed by atoms with Gasteiger partial charge in [0.1, 0.15) is 11.6 Å². The van der Waals surface area contributed by atoms with Crippen molar-refractivity contribution in [2.45, 2.75) is 57.7 Å². The molecular weight excluding hydrogens is 494 g/mol. The first-order valence-corrected chi connectivity index (χ1v) is 10.6. The first-order valence-electron chi connectivity index (χ1n) is 10.6. The number of aliphatic imine (C=N–C) groups is 1. The van der Waals surface area contributed by atoms with Crippen LogP contribution in [0.1, 0.15) is 43.5 Å². The van der Waals surface area contributed by atoms with E-state index in [2.05, 4.69) is 25.5 Å². The van der Waals surface area contributed by atoms with E-state index in [4.69, 9.17) is 0 Å². The van der Waals surface area contributed by atoms with Crippen molar-refractivity contribution in [3.63, 3.8) is 0 Å². The van der Waals surface area contributed by atoms with Crippen molar-refractivity contribution < 1.29 is 4.39 Å². The lowest BCUT2D eigenvalue weighted by Gasteiger charge is -2.24. The molecule has 1 saturated heterocycles. The van der Waals surface area contributed by atoms with E-state index >= 15 is 0 Å². The Hall–Kier alpha value is -1.68. The highest BCUT2D eigenvalue weighted by molar-refractivity contribution is 14.0. The maximum atomic E-state index is 14.6. The van der Waals surface area contributed by atoms with Gasteiger partial charge in [-0.2, -0.15) is 0 Å². The molecule has 4 rings (SSSR count). The van der Waals surface area contributed by atoms with Crippen molar-refractivity contribution in [2.24, 2.45) is 4.99 Å². The number of nitrogens with one attached hydrogen (secondary N) is 2. The molecule has 6 nitrogen and oxygen atoms in total. The first kappa shape index (κ1) is 23.0. The molecule has 1 aromatic carbocycles. The smallest absolute Gasteiger partial charge is 0.191 e. The summed E-state index contributed by atoms with van der Waals surface area (Å²) in [4.78, 5) is 11.1. The fourth-order valence-corrected chi connectivity index (χ4v) is 4.57. The second-order valence-electron chi connectivity index (χ2n) is 8.12. The molecule has 2 N–H and O–H groups in total. The average molecular weight is 526 g/mol. The molecule has 2 aliphatic rings. The van der Waals surface area contributed by atoms with Crippen molar-refractivity contribution >= 4 is 29.9 Å². The summed E-state index contributed by atoms with van der Waals surface area (Å²) in [6.45, 7) is 4.64. The minimum absolute atomic E-state index is 0. The maximum Gasteiger partial charge on any atom is 0.191 e. The van der Waals surface area contributed by atoms with E-state index in [-0.39, 0.29) is 29.8 Å². The monoisotopic (exact) mass is 526 g/mol. The minimum atomic E-state index is -0.253. The van der Waals surface area contributed by atoms with Crippen LogP contribution in [0.15, 0.2) is 35.6 Å². The highest BCUT2D eigenvalue weighted by Gasteiger charge is 2.30. The molecule has 8 heteroatoms. The summed E-state index contributed by atoms with van der Waals surface area (Å²) in [5.74, 6) is 1.29. The van der Waals surface area contributed by atoms with Crippen molar-refractivity contribution in [3.05, 3.63) is 47.8 Å².